The number of ether oxygens (including phenoxy) is 1. The number of carbonyl (C=O) groups is 1. The maximum absolute atomic E-state index is 11.7. The van der Waals surface area contributed by atoms with Crippen LogP contribution in [0.5, 0.6) is 5.75 Å². The summed E-state index contributed by atoms with van der Waals surface area (Å²) in [4.78, 5) is 13.6. The third kappa shape index (κ3) is 2.69. The fourth-order valence-corrected chi connectivity index (χ4v) is 2.83. The highest BCUT2D eigenvalue weighted by Crippen LogP contribution is 2.44. The third-order valence-electron chi connectivity index (χ3n) is 4.47. The Morgan fingerprint density at radius 3 is 2.57 bits per heavy atom. The zero-order valence-corrected chi connectivity index (χ0v) is 13.7. The minimum atomic E-state index is -1.03. The van der Waals surface area contributed by atoms with E-state index in [1.807, 2.05) is 11.0 Å². The number of anilines is 1. The number of fused-ring (bicyclic) bond motifs is 1. The molecule has 0 bridgehead atoms. The number of rotatable bonds is 4. The second-order valence-corrected chi connectivity index (χ2v) is 6.49. The van der Waals surface area contributed by atoms with Crippen molar-refractivity contribution in [3.05, 3.63) is 23.2 Å². The smallest absolute Gasteiger partial charge is 0.328 e. The molecule has 0 spiro atoms. The second-order valence-electron chi connectivity index (χ2n) is 6.05. The van der Waals surface area contributed by atoms with Crippen LogP contribution in [-0.2, 0) is 4.79 Å². The van der Waals surface area contributed by atoms with Crippen LogP contribution in [0.25, 0.3) is 0 Å². The first-order chi connectivity index (χ1) is 9.75. The number of aliphatic carboxylic acids is 1. The molecular weight excluding hydrogens is 290 g/mol. The van der Waals surface area contributed by atoms with Crippen molar-refractivity contribution in [3.63, 3.8) is 0 Å². The summed E-state index contributed by atoms with van der Waals surface area (Å²) < 4.78 is 6.18. The Labute approximate surface area is 130 Å². The maximum atomic E-state index is 11.7. The molecule has 21 heavy (non-hydrogen) atoms. The first-order valence-corrected chi connectivity index (χ1v) is 7.63. The van der Waals surface area contributed by atoms with E-state index in [9.17, 15) is 9.90 Å². The van der Waals surface area contributed by atoms with Gasteiger partial charge in [0.15, 0.2) is 0 Å². The van der Waals surface area contributed by atoms with Crippen molar-refractivity contribution in [1.82, 2.24) is 0 Å². The molecule has 1 aliphatic rings. The quantitative estimate of drug-likeness (QED) is 0.914. The predicted molar refractivity (Wildman–Crippen MR) is 84.5 cm³/mol. The van der Waals surface area contributed by atoms with E-state index in [2.05, 4.69) is 13.8 Å². The standard InChI is InChI=1S/C16H22ClNO3/c1-5-16(6-2)10-18(15(3,4)14(19)20)12-9-11(17)7-8-13(12)21-16/h7-9H,5-6,10H2,1-4H3,(H,19,20). The molecule has 0 amide bonds. The van der Waals surface area contributed by atoms with E-state index >= 15 is 0 Å². The van der Waals surface area contributed by atoms with Crippen molar-refractivity contribution < 1.29 is 14.6 Å². The largest absolute Gasteiger partial charge is 0.483 e. The number of carboxylic acid groups (broad SMARTS) is 1. The highest BCUT2D eigenvalue weighted by molar-refractivity contribution is 6.31. The third-order valence-corrected chi connectivity index (χ3v) is 4.71. The molecule has 0 aromatic heterocycles. The second kappa shape index (κ2) is 5.41. The summed E-state index contributed by atoms with van der Waals surface area (Å²) in [7, 11) is 0. The predicted octanol–water partition coefficient (Wildman–Crippen LogP) is 3.96. The summed E-state index contributed by atoms with van der Waals surface area (Å²) in [6.45, 7) is 8.09. The summed E-state index contributed by atoms with van der Waals surface area (Å²) in [6.07, 6.45) is 1.63. The van der Waals surface area contributed by atoms with E-state index in [1.165, 1.54) is 0 Å². The van der Waals surface area contributed by atoms with Gasteiger partial charge in [-0.15, -0.1) is 0 Å². The van der Waals surface area contributed by atoms with E-state index in [4.69, 9.17) is 16.3 Å². The molecule has 1 heterocycles. The molecular formula is C16H22ClNO3. The van der Waals surface area contributed by atoms with Gasteiger partial charge in [0.2, 0.25) is 0 Å². The van der Waals surface area contributed by atoms with Gasteiger partial charge in [-0.05, 0) is 44.9 Å². The topological polar surface area (TPSA) is 49.8 Å². The highest BCUT2D eigenvalue weighted by Gasteiger charge is 2.45. The number of hydrogen-bond acceptors (Lipinski definition) is 3. The highest BCUT2D eigenvalue weighted by atomic mass is 35.5. The van der Waals surface area contributed by atoms with Crippen LogP contribution >= 0.6 is 11.6 Å². The van der Waals surface area contributed by atoms with Crippen LogP contribution in [0.2, 0.25) is 5.02 Å². The zero-order chi connectivity index (χ0) is 15.8. The average molecular weight is 312 g/mol. The van der Waals surface area contributed by atoms with Crippen LogP contribution in [0, 0.1) is 0 Å². The van der Waals surface area contributed by atoms with Gasteiger partial charge in [-0.25, -0.2) is 4.79 Å². The van der Waals surface area contributed by atoms with Crippen LogP contribution in [0.4, 0.5) is 5.69 Å². The van der Waals surface area contributed by atoms with E-state index < -0.39 is 11.5 Å². The molecule has 116 valence electrons. The van der Waals surface area contributed by atoms with Gasteiger partial charge in [0.25, 0.3) is 0 Å². The van der Waals surface area contributed by atoms with Gasteiger partial charge < -0.3 is 14.7 Å². The first-order valence-electron chi connectivity index (χ1n) is 7.25. The molecule has 0 unspecified atom stereocenters. The number of carboxylic acids is 1. The van der Waals surface area contributed by atoms with Gasteiger partial charge in [-0.1, -0.05) is 25.4 Å². The molecule has 1 N–H and O–H groups in total. The summed E-state index contributed by atoms with van der Waals surface area (Å²) in [5.74, 6) is -0.167. The Bertz CT molecular complexity index is 552. The lowest BCUT2D eigenvalue weighted by atomic mass is 9.90. The van der Waals surface area contributed by atoms with Gasteiger partial charge in [-0.2, -0.15) is 0 Å². The molecule has 0 atom stereocenters. The number of nitrogens with zero attached hydrogens (tertiary/aromatic N) is 1. The Balaban J connectivity index is 2.58. The summed E-state index contributed by atoms with van der Waals surface area (Å²) in [5, 5.41) is 10.2. The van der Waals surface area contributed by atoms with E-state index in [1.54, 1.807) is 26.0 Å². The molecule has 4 nitrogen and oxygen atoms in total. The Morgan fingerprint density at radius 1 is 1.43 bits per heavy atom. The molecule has 0 saturated heterocycles. The normalized spacial score (nSPS) is 17.1. The lowest BCUT2D eigenvalue weighted by Gasteiger charge is -2.48. The molecule has 5 heteroatoms. The van der Waals surface area contributed by atoms with Gasteiger partial charge >= 0.3 is 5.97 Å². The number of hydrogen-bond donors (Lipinski definition) is 1. The van der Waals surface area contributed by atoms with Crippen molar-refractivity contribution in [3.8, 4) is 5.75 Å². The molecule has 0 fully saturated rings. The Hall–Kier alpha value is -1.42. The monoisotopic (exact) mass is 311 g/mol. The fourth-order valence-electron chi connectivity index (χ4n) is 2.66. The van der Waals surface area contributed by atoms with E-state index in [0.29, 0.717) is 17.3 Å². The van der Waals surface area contributed by atoms with Crippen LogP contribution in [0.15, 0.2) is 18.2 Å². The van der Waals surface area contributed by atoms with Crippen molar-refractivity contribution >= 4 is 23.3 Å². The van der Waals surface area contributed by atoms with Crippen molar-refractivity contribution in [2.24, 2.45) is 0 Å². The maximum Gasteiger partial charge on any atom is 0.328 e. The number of halogens is 1. The van der Waals surface area contributed by atoms with Gasteiger partial charge in [0.1, 0.15) is 16.9 Å². The van der Waals surface area contributed by atoms with Gasteiger partial charge in [0, 0.05) is 5.02 Å². The van der Waals surface area contributed by atoms with E-state index in [0.717, 1.165) is 18.5 Å². The minimum Gasteiger partial charge on any atom is -0.483 e. The summed E-state index contributed by atoms with van der Waals surface area (Å²) in [5.41, 5.74) is -0.653. The minimum absolute atomic E-state index is 0.368. The molecule has 1 aliphatic heterocycles. The lowest BCUT2D eigenvalue weighted by Crippen LogP contribution is -2.60. The van der Waals surface area contributed by atoms with Gasteiger partial charge in [-0.3, -0.25) is 0 Å². The Kier molecular flexibility index (Phi) is 4.11. The van der Waals surface area contributed by atoms with Crippen LogP contribution < -0.4 is 9.64 Å². The summed E-state index contributed by atoms with van der Waals surface area (Å²) >= 11 is 6.08. The van der Waals surface area contributed by atoms with Crippen LogP contribution in [0.3, 0.4) is 0 Å². The average Bonchev–Trinajstić information content (AvgIpc) is 2.46. The lowest BCUT2D eigenvalue weighted by molar-refractivity contribution is -0.142. The Morgan fingerprint density at radius 2 is 2.05 bits per heavy atom. The molecule has 1 aromatic rings. The van der Waals surface area contributed by atoms with E-state index in [-0.39, 0.29) is 5.60 Å². The molecule has 1 aromatic carbocycles. The molecule has 2 rings (SSSR count). The zero-order valence-electron chi connectivity index (χ0n) is 12.9. The number of benzene rings is 1. The van der Waals surface area contributed by atoms with Crippen molar-refractivity contribution in [1.29, 1.82) is 0 Å². The SMILES string of the molecule is CCC1(CC)CN(C(C)(C)C(=O)O)c2cc(Cl)ccc2O1. The van der Waals surface area contributed by atoms with Gasteiger partial charge in [0.05, 0.1) is 12.2 Å². The molecule has 0 aliphatic carbocycles. The molecule has 0 saturated carbocycles. The van der Waals surface area contributed by atoms with Crippen LogP contribution in [-0.4, -0.2) is 28.8 Å². The summed E-state index contributed by atoms with van der Waals surface area (Å²) in [6, 6.07) is 5.37. The first kappa shape index (κ1) is 16.0. The fraction of sp³-hybridized carbons (Fsp3) is 0.562. The van der Waals surface area contributed by atoms with Crippen molar-refractivity contribution in [2.45, 2.75) is 51.7 Å². The van der Waals surface area contributed by atoms with Crippen molar-refractivity contribution in [2.75, 3.05) is 11.4 Å². The van der Waals surface area contributed by atoms with Crippen LogP contribution in [0.1, 0.15) is 40.5 Å². The molecule has 0 radical (unpaired) electrons.